The Hall–Kier alpha value is -3.54. The van der Waals surface area contributed by atoms with E-state index in [0.29, 0.717) is 12.1 Å². The Morgan fingerprint density at radius 2 is 1.81 bits per heavy atom. The summed E-state index contributed by atoms with van der Waals surface area (Å²) in [6.07, 6.45) is 4.06. The van der Waals surface area contributed by atoms with Crippen LogP contribution in [0.25, 0.3) is 0 Å². The molecular weight excluding hydrogens is 393 g/mol. The number of alkyl halides is 1. The van der Waals surface area contributed by atoms with E-state index in [1.807, 2.05) is 55.5 Å². The summed E-state index contributed by atoms with van der Waals surface area (Å²) >= 11 is 0. The summed E-state index contributed by atoms with van der Waals surface area (Å²) in [5.41, 5.74) is 5.35. The summed E-state index contributed by atoms with van der Waals surface area (Å²) < 4.78 is 12.3. The lowest BCUT2D eigenvalue weighted by Gasteiger charge is -2.15. The smallest absolute Gasteiger partial charge is 0.257 e. The van der Waals surface area contributed by atoms with Crippen molar-refractivity contribution in [2.45, 2.75) is 32.7 Å². The van der Waals surface area contributed by atoms with E-state index < -0.39 is 12.6 Å². The maximum Gasteiger partial charge on any atom is 0.257 e. The molecular formula is C25H26FN3O2. The van der Waals surface area contributed by atoms with Gasteiger partial charge in [-0.1, -0.05) is 43.3 Å². The maximum atomic E-state index is 12.5. The van der Waals surface area contributed by atoms with Crippen LogP contribution in [0.5, 0.6) is 0 Å². The molecule has 1 atom stereocenters. The van der Waals surface area contributed by atoms with E-state index >= 15 is 0 Å². The van der Waals surface area contributed by atoms with Gasteiger partial charge in [0, 0.05) is 24.6 Å². The van der Waals surface area contributed by atoms with Crippen LogP contribution in [0.1, 0.15) is 45.5 Å². The molecule has 0 spiro atoms. The summed E-state index contributed by atoms with van der Waals surface area (Å²) in [5.74, 6) is -0.587. The highest BCUT2D eigenvalue weighted by Crippen LogP contribution is 2.24. The van der Waals surface area contributed by atoms with Crippen molar-refractivity contribution in [3.63, 3.8) is 0 Å². The number of aromatic nitrogens is 1. The molecule has 0 unspecified atom stereocenters. The zero-order valence-corrected chi connectivity index (χ0v) is 17.7. The summed E-state index contributed by atoms with van der Waals surface area (Å²) in [4.78, 5) is 27.7. The highest BCUT2D eigenvalue weighted by atomic mass is 19.1. The number of hydrogen-bond acceptors (Lipinski definition) is 3. The number of carbonyl (C=O) groups is 2. The van der Waals surface area contributed by atoms with Gasteiger partial charge in [-0.05, 0) is 59.7 Å². The zero-order valence-electron chi connectivity index (χ0n) is 17.7. The van der Waals surface area contributed by atoms with Crippen LogP contribution < -0.4 is 10.6 Å². The molecule has 31 heavy (non-hydrogen) atoms. The third kappa shape index (κ3) is 6.47. The SMILES string of the molecule is Cc1cncc(C(=O)Nc2cccc([C@H](C)Cc3cccc(CNC(=O)CF)c3)c2)c1. The number of anilines is 1. The molecule has 6 heteroatoms. The first-order valence-corrected chi connectivity index (χ1v) is 10.2. The lowest BCUT2D eigenvalue weighted by Crippen LogP contribution is -2.24. The minimum absolute atomic E-state index is 0.191. The molecule has 0 aliphatic heterocycles. The number of benzene rings is 2. The Morgan fingerprint density at radius 1 is 1.03 bits per heavy atom. The van der Waals surface area contributed by atoms with Crippen molar-refractivity contribution in [1.82, 2.24) is 10.3 Å². The third-order valence-electron chi connectivity index (χ3n) is 5.00. The van der Waals surface area contributed by atoms with Crippen LogP contribution in [0.15, 0.2) is 67.0 Å². The van der Waals surface area contributed by atoms with Crippen molar-refractivity contribution in [1.29, 1.82) is 0 Å². The predicted molar refractivity (Wildman–Crippen MR) is 120 cm³/mol. The zero-order chi connectivity index (χ0) is 22.2. The van der Waals surface area contributed by atoms with Crippen molar-refractivity contribution >= 4 is 17.5 Å². The van der Waals surface area contributed by atoms with Gasteiger partial charge in [-0.3, -0.25) is 14.6 Å². The van der Waals surface area contributed by atoms with E-state index in [-0.39, 0.29) is 11.8 Å². The minimum Gasteiger partial charge on any atom is -0.350 e. The van der Waals surface area contributed by atoms with E-state index in [9.17, 15) is 14.0 Å². The van der Waals surface area contributed by atoms with Crippen LogP contribution >= 0.6 is 0 Å². The fourth-order valence-corrected chi connectivity index (χ4v) is 3.39. The third-order valence-corrected chi connectivity index (χ3v) is 5.00. The molecule has 0 aliphatic carbocycles. The molecule has 0 radical (unpaired) electrons. The van der Waals surface area contributed by atoms with Crippen molar-refractivity contribution in [2.24, 2.45) is 0 Å². The summed E-state index contributed by atoms with van der Waals surface area (Å²) in [6, 6.07) is 17.5. The Balaban J connectivity index is 1.65. The van der Waals surface area contributed by atoms with Gasteiger partial charge in [0.25, 0.3) is 11.8 Å². The van der Waals surface area contributed by atoms with Crippen LogP contribution in [0.2, 0.25) is 0 Å². The number of pyridine rings is 1. The molecule has 0 fully saturated rings. The fraction of sp³-hybridized carbons (Fsp3) is 0.240. The van der Waals surface area contributed by atoms with Crippen LogP contribution in [0, 0.1) is 6.92 Å². The Bertz CT molecular complexity index is 1070. The van der Waals surface area contributed by atoms with E-state index in [4.69, 9.17) is 0 Å². The topological polar surface area (TPSA) is 71.1 Å². The van der Waals surface area contributed by atoms with Gasteiger partial charge in [-0.25, -0.2) is 4.39 Å². The minimum atomic E-state index is -1.01. The van der Waals surface area contributed by atoms with Crippen LogP contribution in [-0.2, 0) is 17.8 Å². The van der Waals surface area contributed by atoms with Gasteiger partial charge in [0.2, 0.25) is 0 Å². The van der Waals surface area contributed by atoms with Crippen LogP contribution in [0.3, 0.4) is 0 Å². The van der Waals surface area contributed by atoms with Gasteiger partial charge in [0.15, 0.2) is 6.67 Å². The van der Waals surface area contributed by atoms with Crippen molar-refractivity contribution in [3.8, 4) is 0 Å². The highest BCUT2D eigenvalue weighted by Gasteiger charge is 2.11. The van der Waals surface area contributed by atoms with Crippen molar-refractivity contribution < 1.29 is 14.0 Å². The summed E-state index contributed by atoms with van der Waals surface area (Å²) in [5, 5.41) is 5.48. The highest BCUT2D eigenvalue weighted by molar-refractivity contribution is 6.04. The molecule has 0 saturated carbocycles. The van der Waals surface area contributed by atoms with Gasteiger partial charge in [0.05, 0.1) is 5.56 Å². The average Bonchev–Trinajstić information content (AvgIpc) is 2.78. The number of halogens is 1. The second kappa shape index (κ2) is 10.5. The molecule has 160 valence electrons. The van der Waals surface area contributed by atoms with Crippen molar-refractivity contribution in [3.05, 3.63) is 94.8 Å². The molecule has 0 aliphatic rings. The second-order valence-electron chi connectivity index (χ2n) is 7.67. The number of rotatable bonds is 8. The largest absolute Gasteiger partial charge is 0.350 e. The molecule has 0 bridgehead atoms. The van der Waals surface area contributed by atoms with E-state index in [1.165, 1.54) is 0 Å². The molecule has 1 heterocycles. The Labute approximate surface area is 181 Å². The second-order valence-corrected chi connectivity index (χ2v) is 7.67. The fourth-order valence-electron chi connectivity index (χ4n) is 3.39. The first kappa shape index (κ1) is 22.2. The van der Waals surface area contributed by atoms with Crippen LogP contribution in [-0.4, -0.2) is 23.5 Å². The normalized spacial score (nSPS) is 11.6. The molecule has 2 N–H and O–H groups in total. The molecule has 1 aromatic heterocycles. The lowest BCUT2D eigenvalue weighted by molar-refractivity contribution is -0.122. The quantitative estimate of drug-likeness (QED) is 0.562. The van der Waals surface area contributed by atoms with Gasteiger partial charge < -0.3 is 10.6 Å². The number of aryl methyl sites for hydroxylation is 1. The van der Waals surface area contributed by atoms with Crippen LogP contribution in [0.4, 0.5) is 10.1 Å². The molecule has 3 aromatic rings. The number of nitrogens with one attached hydrogen (secondary N) is 2. The Kier molecular flexibility index (Phi) is 7.49. The number of amides is 2. The van der Waals surface area contributed by atoms with Gasteiger partial charge in [-0.15, -0.1) is 0 Å². The summed E-state index contributed by atoms with van der Waals surface area (Å²) in [7, 11) is 0. The van der Waals surface area contributed by atoms with E-state index in [2.05, 4.69) is 22.5 Å². The van der Waals surface area contributed by atoms with Crippen molar-refractivity contribution in [2.75, 3.05) is 12.0 Å². The number of hydrogen-bond donors (Lipinski definition) is 2. The van der Waals surface area contributed by atoms with E-state index in [1.54, 1.807) is 18.5 Å². The van der Waals surface area contributed by atoms with Gasteiger partial charge in [-0.2, -0.15) is 0 Å². The maximum absolute atomic E-state index is 12.5. The molecule has 5 nitrogen and oxygen atoms in total. The molecule has 2 aromatic carbocycles. The predicted octanol–water partition coefficient (Wildman–Crippen LogP) is 4.57. The molecule has 2 amide bonds. The molecule has 3 rings (SSSR count). The number of carbonyl (C=O) groups excluding carboxylic acids is 2. The monoisotopic (exact) mass is 419 g/mol. The first-order chi connectivity index (χ1) is 14.9. The lowest BCUT2D eigenvalue weighted by atomic mass is 9.92. The first-order valence-electron chi connectivity index (χ1n) is 10.2. The number of nitrogens with zero attached hydrogens (tertiary/aromatic N) is 1. The average molecular weight is 420 g/mol. The Morgan fingerprint density at radius 3 is 2.58 bits per heavy atom. The summed E-state index contributed by atoms with van der Waals surface area (Å²) in [6.45, 7) is 3.32. The van der Waals surface area contributed by atoms with Gasteiger partial charge >= 0.3 is 0 Å². The van der Waals surface area contributed by atoms with Gasteiger partial charge in [0.1, 0.15) is 0 Å². The standard InChI is InChI=1S/C25H26FN3O2/c1-17-9-22(16-27-14-17)25(31)29-23-8-4-7-21(12-23)18(2)10-19-5-3-6-20(11-19)15-28-24(30)13-26/h3-9,11-12,14,16,18H,10,13,15H2,1-2H3,(H,28,30)(H,29,31)/t18-/m1/s1. The molecule has 0 saturated heterocycles. The van der Waals surface area contributed by atoms with E-state index in [0.717, 1.165) is 34.4 Å².